The first kappa shape index (κ1) is 7.87. The van der Waals surface area contributed by atoms with E-state index in [0.717, 1.165) is 0 Å². The van der Waals surface area contributed by atoms with Crippen LogP contribution in [-0.4, -0.2) is 6.08 Å². The molecule has 2 aromatic rings. The molecule has 2 aromatic carbocycles. The van der Waals surface area contributed by atoms with E-state index in [2.05, 4.69) is 0 Å². The van der Waals surface area contributed by atoms with E-state index in [4.69, 9.17) is 23.2 Å². The zero-order valence-corrected chi connectivity index (χ0v) is 11.2. The van der Waals surface area contributed by atoms with Crippen LogP contribution >= 0.6 is 7.82 Å². The van der Waals surface area contributed by atoms with Crippen molar-refractivity contribution in [2.45, 2.75) is 19.8 Å². The van der Waals surface area contributed by atoms with Gasteiger partial charge in [0.25, 0.3) is 0 Å². The first-order valence-corrected chi connectivity index (χ1v) is 7.12. The average Bonchev–Trinajstić information content (AvgIpc) is 2.54. The van der Waals surface area contributed by atoms with Gasteiger partial charge in [-0.3, -0.25) is 4.52 Å². The van der Waals surface area contributed by atoms with Crippen molar-refractivity contribution in [3.8, 4) is 11.5 Å². The molecule has 0 saturated carbocycles. The molecule has 0 radical (unpaired) electrons. The zero-order chi connectivity index (χ0) is 20.3. The van der Waals surface area contributed by atoms with E-state index < -0.39 is 27.6 Å². The summed E-state index contributed by atoms with van der Waals surface area (Å²) in [6.45, 7) is -6.93. The lowest BCUT2D eigenvalue weighted by molar-refractivity contribution is 0.167. The SMILES string of the molecule is [2H]C([2H])([2H])C([2H])(OP(=O)(Oc1ccccc1)Oc1ccccc1)C([2H])([2H])[2H]. The van der Waals surface area contributed by atoms with Crippen molar-refractivity contribution in [2.24, 2.45) is 0 Å². The number of hydrogen-bond donors (Lipinski definition) is 0. The molecule has 0 aliphatic carbocycles. The van der Waals surface area contributed by atoms with Crippen LogP contribution in [0.1, 0.15) is 23.3 Å². The van der Waals surface area contributed by atoms with Crippen LogP contribution in [0.3, 0.4) is 0 Å². The largest absolute Gasteiger partial charge is 0.587 e. The topological polar surface area (TPSA) is 44.8 Å². The normalized spacial score (nSPS) is 18.3. The monoisotopic (exact) mass is 299 g/mol. The highest BCUT2D eigenvalue weighted by molar-refractivity contribution is 7.49. The molecule has 2 rings (SSSR count). The molecule has 4 nitrogen and oxygen atoms in total. The summed E-state index contributed by atoms with van der Waals surface area (Å²) in [5.74, 6) is -0.0367. The van der Waals surface area contributed by atoms with Crippen molar-refractivity contribution in [1.29, 1.82) is 0 Å². The Hall–Kier alpha value is -1.77. The second kappa shape index (κ2) is 6.60. The fourth-order valence-corrected chi connectivity index (χ4v) is 2.48. The maximum atomic E-state index is 13.2. The van der Waals surface area contributed by atoms with Crippen LogP contribution in [0, 0.1) is 0 Å². The standard InChI is InChI=1S/C15H17O4P/c1-13(2)17-20(16,18-14-9-5-3-6-10-14)19-15-11-7-4-8-12-15/h3-13H,1-2H3/i1D3,2D3,13D. The number of hydrogen-bond acceptors (Lipinski definition) is 4. The second-order valence-electron chi connectivity index (χ2n) is 3.68. The van der Waals surface area contributed by atoms with Crippen LogP contribution < -0.4 is 9.05 Å². The maximum Gasteiger partial charge on any atom is 0.587 e. The van der Waals surface area contributed by atoms with Crippen LogP contribution in [0.5, 0.6) is 11.5 Å². The molecule has 0 bridgehead atoms. The molecule has 0 atom stereocenters. The van der Waals surface area contributed by atoms with Crippen molar-refractivity contribution in [3.63, 3.8) is 0 Å². The fourth-order valence-electron chi connectivity index (χ4n) is 1.39. The number of rotatable bonds is 6. The van der Waals surface area contributed by atoms with Crippen molar-refractivity contribution >= 4 is 7.82 Å². The molecule has 0 N–H and O–H groups in total. The van der Waals surface area contributed by atoms with Crippen LogP contribution in [0.15, 0.2) is 60.7 Å². The summed E-state index contributed by atoms with van der Waals surface area (Å²) >= 11 is 0. The molecule has 0 aliphatic rings. The lowest BCUT2D eigenvalue weighted by Crippen LogP contribution is -2.09. The van der Waals surface area contributed by atoms with Gasteiger partial charge in [-0.05, 0) is 38.0 Å². The molecule has 0 saturated heterocycles. The van der Waals surface area contributed by atoms with E-state index in [0.29, 0.717) is 0 Å². The van der Waals surface area contributed by atoms with E-state index in [-0.39, 0.29) is 11.5 Å². The lowest BCUT2D eigenvalue weighted by Gasteiger charge is -2.20. The molecule has 20 heavy (non-hydrogen) atoms. The highest BCUT2D eigenvalue weighted by Crippen LogP contribution is 2.50. The summed E-state index contributed by atoms with van der Waals surface area (Å²) in [5, 5.41) is 0. The molecule has 0 unspecified atom stereocenters. The lowest BCUT2D eigenvalue weighted by atomic mass is 10.3. The quantitative estimate of drug-likeness (QED) is 0.727. The van der Waals surface area contributed by atoms with Gasteiger partial charge in [0.2, 0.25) is 0 Å². The summed E-state index contributed by atoms with van der Waals surface area (Å²) in [6, 6.07) is 15.0. The van der Waals surface area contributed by atoms with Gasteiger partial charge < -0.3 is 9.05 Å². The molecule has 0 spiro atoms. The Balaban J connectivity index is 2.46. The molecule has 0 aliphatic heterocycles. The summed E-state index contributed by atoms with van der Waals surface area (Å²) < 4.78 is 80.7. The van der Waals surface area contributed by atoms with Crippen LogP contribution in [0.2, 0.25) is 0 Å². The van der Waals surface area contributed by atoms with Gasteiger partial charge in [0.05, 0.1) is 7.45 Å². The first-order valence-electron chi connectivity index (χ1n) is 9.16. The van der Waals surface area contributed by atoms with E-state index in [1.165, 1.54) is 24.3 Å². The Morgan fingerprint density at radius 1 is 0.950 bits per heavy atom. The van der Waals surface area contributed by atoms with Gasteiger partial charge in [-0.1, -0.05) is 36.4 Å². The molecule has 0 fully saturated rings. The molecular formula is C15H17O4P. The van der Waals surface area contributed by atoms with Crippen molar-refractivity contribution in [2.75, 3.05) is 0 Å². The van der Waals surface area contributed by atoms with E-state index in [1.807, 2.05) is 0 Å². The van der Waals surface area contributed by atoms with E-state index in [1.54, 1.807) is 36.4 Å². The second-order valence-corrected chi connectivity index (χ2v) is 5.12. The van der Waals surface area contributed by atoms with Crippen molar-refractivity contribution < 1.29 is 27.7 Å². The Kier molecular flexibility index (Phi) is 2.59. The van der Waals surface area contributed by atoms with Gasteiger partial charge in [0.1, 0.15) is 11.5 Å². The van der Waals surface area contributed by atoms with E-state index in [9.17, 15) is 4.57 Å². The molecule has 5 heteroatoms. The van der Waals surface area contributed by atoms with Crippen LogP contribution in [0.25, 0.3) is 0 Å². The van der Waals surface area contributed by atoms with E-state index >= 15 is 0 Å². The molecule has 0 amide bonds. The number of para-hydroxylation sites is 2. The van der Waals surface area contributed by atoms with Gasteiger partial charge in [0.15, 0.2) is 0 Å². The summed E-state index contributed by atoms with van der Waals surface area (Å²) in [5.41, 5.74) is 0. The van der Waals surface area contributed by atoms with Gasteiger partial charge >= 0.3 is 7.82 Å². The van der Waals surface area contributed by atoms with Crippen molar-refractivity contribution in [1.82, 2.24) is 0 Å². The predicted octanol–water partition coefficient (Wildman–Crippen LogP) is 4.68. The first-order chi connectivity index (χ1) is 12.4. The number of phosphoric acid groups is 1. The van der Waals surface area contributed by atoms with Crippen molar-refractivity contribution in [3.05, 3.63) is 60.7 Å². The van der Waals surface area contributed by atoms with Crippen LogP contribution in [-0.2, 0) is 9.09 Å². The number of benzene rings is 2. The minimum atomic E-state index is -4.89. The smallest absolute Gasteiger partial charge is 0.395 e. The summed E-state index contributed by atoms with van der Waals surface area (Å²) in [6.07, 6.45) is -3.54. The predicted molar refractivity (Wildman–Crippen MR) is 78.0 cm³/mol. The summed E-state index contributed by atoms with van der Waals surface area (Å²) in [4.78, 5) is 0. The molecule has 0 aromatic heterocycles. The van der Waals surface area contributed by atoms with Gasteiger partial charge in [-0.2, -0.15) is 0 Å². The Morgan fingerprint density at radius 3 is 1.80 bits per heavy atom. The third-order valence-electron chi connectivity index (χ3n) is 2.12. The number of phosphoric ester groups is 1. The third kappa shape index (κ3) is 4.41. The highest BCUT2D eigenvalue weighted by atomic mass is 31.2. The minimum absolute atomic E-state index is 0.0183. The Morgan fingerprint density at radius 2 is 1.40 bits per heavy atom. The van der Waals surface area contributed by atoms with Gasteiger partial charge in [-0.15, -0.1) is 0 Å². The molecular weight excluding hydrogens is 275 g/mol. The highest BCUT2D eigenvalue weighted by Gasteiger charge is 2.32. The Bertz CT molecular complexity index is 734. The van der Waals surface area contributed by atoms with Gasteiger partial charge in [0, 0.05) is 8.22 Å². The molecule has 0 heterocycles. The van der Waals surface area contributed by atoms with Gasteiger partial charge in [-0.25, -0.2) is 4.57 Å². The fraction of sp³-hybridized carbons (Fsp3) is 0.200. The minimum Gasteiger partial charge on any atom is -0.395 e. The van der Waals surface area contributed by atoms with Crippen LogP contribution in [0.4, 0.5) is 0 Å². The average molecular weight is 299 g/mol. The third-order valence-corrected chi connectivity index (χ3v) is 3.40. The Labute approximate surface area is 128 Å². The summed E-state index contributed by atoms with van der Waals surface area (Å²) in [7, 11) is -4.89. The zero-order valence-electron chi connectivity index (χ0n) is 17.4. The maximum absolute atomic E-state index is 13.2. The molecule has 106 valence electrons.